The van der Waals surface area contributed by atoms with E-state index in [4.69, 9.17) is 11.5 Å². The van der Waals surface area contributed by atoms with Gasteiger partial charge in [0, 0.05) is 31.8 Å². The minimum atomic E-state index is -0.0145. The average molecular weight is 272 g/mol. The molecule has 4 N–H and O–H groups in total. The van der Waals surface area contributed by atoms with Gasteiger partial charge in [0.2, 0.25) is 5.95 Å². The van der Waals surface area contributed by atoms with Crippen molar-refractivity contribution in [2.45, 2.75) is 13.0 Å². The van der Waals surface area contributed by atoms with Crippen LogP contribution < -0.4 is 11.5 Å². The Labute approximate surface area is 116 Å². The molecule has 0 bridgehead atoms. The minimum absolute atomic E-state index is 0.0145. The quantitative estimate of drug-likeness (QED) is 0.770. The summed E-state index contributed by atoms with van der Waals surface area (Å²) >= 11 is 0. The highest BCUT2D eigenvalue weighted by molar-refractivity contribution is 5.93. The molecular weight excluding hydrogens is 256 g/mol. The largest absolute Gasteiger partial charge is 0.383 e. The van der Waals surface area contributed by atoms with Crippen molar-refractivity contribution in [2.24, 2.45) is 7.05 Å². The molecule has 20 heavy (non-hydrogen) atoms. The lowest BCUT2D eigenvalue weighted by molar-refractivity contribution is 0.0724. The van der Waals surface area contributed by atoms with Gasteiger partial charge < -0.3 is 20.9 Å². The molecule has 3 rings (SSSR count). The number of hydrogen-bond donors (Lipinski definition) is 2. The molecule has 7 nitrogen and oxygen atoms in total. The second-order valence-electron chi connectivity index (χ2n) is 4.87. The minimum Gasteiger partial charge on any atom is -0.383 e. The van der Waals surface area contributed by atoms with E-state index < -0.39 is 0 Å². The number of aryl methyl sites for hydroxylation is 1. The lowest BCUT2D eigenvalue weighted by atomic mass is 10.1. The van der Waals surface area contributed by atoms with Gasteiger partial charge in [0.1, 0.15) is 11.5 Å². The van der Waals surface area contributed by atoms with Crippen LogP contribution in [0.5, 0.6) is 0 Å². The van der Waals surface area contributed by atoms with Crippen molar-refractivity contribution < 1.29 is 4.79 Å². The summed E-state index contributed by atoms with van der Waals surface area (Å²) in [6.07, 6.45) is 2.49. The smallest absolute Gasteiger partial charge is 0.270 e. The highest BCUT2D eigenvalue weighted by atomic mass is 16.2. The molecule has 0 unspecified atom stereocenters. The Balaban J connectivity index is 1.89. The summed E-state index contributed by atoms with van der Waals surface area (Å²) < 4.78 is 1.81. The first kappa shape index (κ1) is 12.5. The van der Waals surface area contributed by atoms with Crippen molar-refractivity contribution >= 4 is 17.7 Å². The standard InChI is InChI=1S/C13H16N6O/c1-18-5-2-3-10(18)12(20)19-6-4-9-8(7-19)11(14)17-13(15)16-9/h2-3,5H,4,6-7H2,1H3,(H4,14,15,16,17). The third kappa shape index (κ3) is 1.97. The Hall–Kier alpha value is -2.57. The molecule has 0 spiro atoms. The van der Waals surface area contributed by atoms with Crippen LogP contribution in [0, 0.1) is 0 Å². The third-order valence-electron chi connectivity index (χ3n) is 3.56. The van der Waals surface area contributed by atoms with Crippen molar-refractivity contribution in [3.8, 4) is 0 Å². The number of hydrogen-bond acceptors (Lipinski definition) is 5. The van der Waals surface area contributed by atoms with Crippen molar-refractivity contribution in [1.82, 2.24) is 19.4 Å². The zero-order chi connectivity index (χ0) is 14.3. The van der Waals surface area contributed by atoms with Crippen molar-refractivity contribution in [3.05, 3.63) is 35.3 Å². The molecular formula is C13H16N6O. The van der Waals surface area contributed by atoms with Gasteiger partial charge in [-0.05, 0) is 12.1 Å². The van der Waals surface area contributed by atoms with Crippen LogP contribution in [0.1, 0.15) is 21.7 Å². The Morgan fingerprint density at radius 2 is 2.15 bits per heavy atom. The average Bonchev–Trinajstić information content (AvgIpc) is 2.83. The molecule has 0 radical (unpaired) electrons. The molecule has 1 amide bonds. The van der Waals surface area contributed by atoms with Gasteiger partial charge in [-0.15, -0.1) is 0 Å². The lowest BCUT2D eigenvalue weighted by Gasteiger charge is -2.28. The summed E-state index contributed by atoms with van der Waals surface area (Å²) in [4.78, 5) is 22.4. The van der Waals surface area contributed by atoms with Gasteiger partial charge in [0.15, 0.2) is 0 Å². The molecule has 2 aromatic heterocycles. The fourth-order valence-corrected chi connectivity index (χ4v) is 2.48. The SMILES string of the molecule is Cn1cccc1C(=O)N1CCc2nc(N)nc(N)c2C1. The molecule has 0 atom stereocenters. The maximum Gasteiger partial charge on any atom is 0.270 e. The first-order valence-electron chi connectivity index (χ1n) is 6.37. The maximum atomic E-state index is 12.5. The molecule has 1 aliphatic heterocycles. The van der Waals surface area contributed by atoms with Crippen LogP contribution in [0.4, 0.5) is 11.8 Å². The number of nitrogens with zero attached hydrogens (tertiary/aromatic N) is 4. The van der Waals surface area contributed by atoms with E-state index in [1.54, 1.807) is 15.5 Å². The van der Waals surface area contributed by atoms with Crippen LogP contribution in [0.15, 0.2) is 18.3 Å². The number of nitrogens with two attached hydrogens (primary N) is 2. The fourth-order valence-electron chi connectivity index (χ4n) is 2.48. The third-order valence-corrected chi connectivity index (χ3v) is 3.56. The number of nitrogen functional groups attached to an aromatic ring is 2. The normalized spacial score (nSPS) is 14.2. The molecule has 7 heteroatoms. The summed E-state index contributed by atoms with van der Waals surface area (Å²) in [5, 5.41) is 0. The summed E-state index contributed by atoms with van der Waals surface area (Å²) in [6.45, 7) is 1.03. The van der Waals surface area contributed by atoms with E-state index in [0.29, 0.717) is 31.0 Å². The van der Waals surface area contributed by atoms with E-state index >= 15 is 0 Å². The van der Waals surface area contributed by atoms with Crippen LogP contribution in [-0.4, -0.2) is 31.9 Å². The molecule has 0 aliphatic carbocycles. The van der Waals surface area contributed by atoms with Crippen LogP contribution >= 0.6 is 0 Å². The van der Waals surface area contributed by atoms with Crippen molar-refractivity contribution in [2.75, 3.05) is 18.0 Å². The van der Waals surface area contributed by atoms with E-state index in [2.05, 4.69) is 9.97 Å². The summed E-state index contributed by atoms with van der Waals surface area (Å²) in [5.41, 5.74) is 13.8. The van der Waals surface area contributed by atoms with E-state index in [1.165, 1.54) is 0 Å². The van der Waals surface area contributed by atoms with Gasteiger partial charge in [0.25, 0.3) is 5.91 Å². The second-order valence-corrected chi connectivity index (χ2v) is 4.87. The predicted octanol–water partition coefficient (Wildman–Crippen LogP) is 0.178. The highest BCUT2D eigenvalue weighted by Crippen LogP contribution is 2.23. The van der Waals surface area contributed by atoms with Crippen LogP contribution in [0.25, 0.3) is 0 Å². The molecule has 0 saturated heterocycles. The van der Waals surface area contributed by atoms with Crippen LogP contribution in [0.2, 0.25) is 0 Å². The molecule has 1 aliphatic rings. The zero-order valence-corrected chi connectivity index (χ0v) is 11.2. The molecule has 0 aromatic carbocycles. The number of fused-ring (bicyclic) bond motifs is 1. The van der Waals surface area contributed by atoms with Crippen LogP contribution in [-0.2, 0) is 20.0 Å². The first-order valence-corrected chi connectivity index (χ1v) is 6.37. The Morgan fingerprint density at radius 3 is 2.85 bits per heavy atom. The van der Waals surface area contributed by atoms with Crippen LogP contribution in [0.3, 0.4) is 0 Å². The zero-order valence-electron chi connectivity index (χ0n) is 11.2. The number of anilines is 2. The number of carbonyl (C=O) groups is 1. The summed E-state index contributed by atoms with van der Waals surface area (Å²) in [6, 6.07) is 3.66. The van der Waals surface area contributed by atoms with E-state index in [0.717, 1.165) is 11.3 Å². The van der Waals surface area contributed by atoms with E-state index in [9.17, 15) is 4.79 Å². The van der Waals surface area contributed by atoms with Crippen molar-refractivity contribution in [3.63, 3.8) is 0 Å². The Bertz CT molecular complexity index is 677. The van der Waals surface area contributed by atoms with Gasteiger partial charge in [-0.3, -0.25) is 4.79 Å². The number of carbonyl (C=O) groups excluding carboxylic acids is 1. The molecule has 2 aromatic rings. The Morgan fingerprint density at radius 1 is 1.35 bits per heavy atom. The number of rotatable bonds is 1. The van der Waals surface area contributed by atoms with Gasteiger partial charge >= 0.3 is 0 Å². The molecule has 3 heterocycles. The summed E-state index contributed by atoms with van der Waals surface area (Å²) in [7, 11) is 1.85. The van der Waals surface area contributed by atoms with E-state index in [1.807, 2.05) is 19.3 Å². The van der Waals surface area contributed by atoms with Gasteiger partial charge in [-0.25, -0.2) is 4.98 Å². The molecule has 104 valence electrons. The van der Waals surface area contributed by atoms with Gasteiger partial charge in [-0.1, -0.05) is 0 Å². The number of amides is 1. The fraction of sp³-hybridized carbons (Fsp3) is 0.308. The molecule has 0 saturated carbocycles. The second kappa shape index (κ2) is 4.52. The predicted molar refractivity (Wildman–Crippen MR) is 74.7 cm³/mol. The molecule has 0 fully saturated rings. The van der Waals surface area contributed by atoms with Gasteiger partial charge in [0.05, 0.1) is 12.2 Å². The topological polar surface area (TPSA) is 103 Å². The first-order chi connectivity index (χ1) is 9.56. The highest BCUT2D eigenvalue weighted by Gasteiger charge is 2.26. The van der Waals surface area contributed by atoms with Gasteiger partial charge in [-0.2, -0.15) is 4.98 Å². The Kier molecular flexibility index (Phi) is 2.81. The van der Waals surface area contributed by atoms with E-state index in [-0.39, 0.29) is 11.9 Å². The lowest BCUT2D eigenvalue weighted by Crippen LogP contribution is -2.37. The monoisotopic (exact) mass is 272 g/mol. The number of aromatic nitrogens is 3. The summed E-state index contributed by atoms with van der Waals surface area (Å²) in [5.74, 6) is 0.528. The van der Waals surface area contributed by atoms with Crippen molar-refractivity contribution in [1.29, 1.82) is 0 Å². The maximum absolute atomic E-state index is 12.5.